The molecule has 0 radical (unpaired) electrons. The number of nitro groups is 1. The van der Waals surface area contributed by atoms with E-state index < -0.39 is 14.9 Å². The molecule has 0 spiro atoms. The van der Waals surface area contributed by atoms with Gasteiger partial charge in [0.1, 0.15) is 0 Å². The first-order valence-corrected chi connectivity index (χ1v) is 10.5. The maximum atomic E-state index is 12.8. The molecule has 1 aliphatic heterocycles. The zero-order valence-corrected chi connectivity index (χ0v) is 17.0. The van der Waals surface area contributed by atoms with Crippen molar-refractivity contribution in [1.29, 1.82) is 0 Å². The van der Waals surface area contributed by atoms with Gasteiger partial charge in [0.15, 0.2) is 0 Å². The topological polar surface area (TPSA) is 104 Å². The van der Waals surface area contributed by atoms with E-state index in [-0.39, 0.29) is 42.7 Å². The Kier molecular flexibility index (Phi) is 5.85. The summed E-state index contributed by atoms with van der Waals surface area (Å²) in [5, 5.41) is 10.9. The SMILES string of the molecule is CN(C)c1cccc(C(=O)N2CCN(S(=O)(=O)c3cccc([N+](=O)[O-])c3)CC2)c1. The summed E-state index contributed by atoms with van der Waals surface area (Å²) in [6.45, 7) is 0.757. The van der Waals surface area contributed by atoms with Crippen molar-refractivity contribution in [3.05, 3.63) is 64.2 Å². The average molecular weight is 418 g/mol. The number of hydrogen-bond donors (Lipinski definition) is 0. The standard InChI is InChI=1S/C19H22N4O5S/c1-20(2)16-6-3-5-15(13-16)19(24)21-9-11-22(12-10-21)29(27,28)18-8-4-7-17(14-18)23(25)26/h3-8,13-14H,9-12H2,1-2H3. The number of carbonyl (C=O) groups excluding carboxylic acids is 1. The molecule has 0 saturated carbocycles. The van der Waals surface area contributed by atoms with Crippen LogP contribution >= 0.6 is 0 Å². The van der Waals surface area contributed by atoms with E-state index in [0.29, 0.717) is 5.56 Å². The molecule has 0 aromatic heterocycles. The van der Waals surface area contributed by atoms with Gasteiger partial charge in [0.2, 0.25) is 10.0 Å². The van der Waals surface area contributed by atoms with Crippen LogP contribution in [0, 0.1) is 10.1 Å². The molecule has 1 heterocycles. The van der Waals surface area contributed by atoms with E-state index in [1.807, 2.05) is 31.1 Å². The molecular formula is C19H22N4O5S. The second-order valence-corrected chi connectivity index (χ2v) is 8.83. The van der Waals surface area contributed by atoms with Gasteiger partial charge in [-0.2, -0.15) is 4.31 Å². The highest BCUT2D eigenvalue weighted by atomic mass is 32.2. The predicted octanol–water partition coefficient (Wildman–Crippen LogP) is 1.81. The number of sulfonamides is 1. The Morgan fingerprint density at radius 1 is 1.03 bits per heavy atom. The molecule has 0 bridgehead atoms. The van der Waals surface area contributed by atoms with Gasteiger partial charge in [0.05, 0.1) is 9.82 Å². The maximum absolute atomic E-state index is 12.8. The van der Waals surface area contributed by atoms with E-state index >= 15 is 0 Å². The van der Waals surface area contributed by atoms with Gasteiger partial charge in [-0.05, 0) is 24.3 Å². The highest BCUT2D eigenvalue weighted by Crippen LogP contribution is 2.23. The van der Waals surface area contributed by atoms with Crippen LogP contribution in [0.25, 0.3) is 0 Å². The molecule has 1 amide bonds. The molecule has 0 atom stereocenters. The van der Waals surface area contributed by atoms with Gasteiger partial charge in [-0.3, -0.25) is 14.9 Å². The van der Waals surface area contributed by atoms with Gasteiger partial charge in [0, 0.05) is 63.7 Å². The summed E-state index contributed by atoms with van der Waals surface area (Å²) in [7, 11) is -0.0855. The fourth-order valence-electron chi connectivity index (χ4n) is 3.14. The van der Waals surface area contributed by atoms with Gasteiger partial charge >= 0.3 is 0 Å². The number of nitro benzene ring substituents is 1. The number of carbonyl (C=O) groups is 1. The highest BCUT2D eigenvalue weighted by molar-refractivity contribution is 7.89. The molecule has 2 aromatic rings. The number of anilines is 1. The van der Waals surface area contributed by atoms with Crippen molar-refractivity contribution in [2.45, 2.75) is 4.90 Å². The monoisotopic (exact) mass is 418 g/mol. The van der Waals surface area contributed by atoms with Crippen molar-refractivity contribution in [3.8, 4) is 0 Å². The van der Waals surface area contributed by atoms with Crippen LogP contribution in [0.3, 0.4) is 0 Å². The number of rotatable bonds is 5. The van der Waals surface area contributed by atoms with Crippen LogP contribution in [0.4, 0.5) is 11.4 Å². The van der Waals surface area contributed by atoms with E-state index in [1.165, 1.54) is 22.5 Å². The van der Waals surface area contributed by atoms with Crippen molar-refractivity contribution in [1.82, 2.24) is 9.21 Å². The van der Waals surface area contributed by atoms with Gasteiger partial charge < -0.3 is 9.80 Å². The van der Waals surface area contributed by atoms with E-state index in [2.05, 4.69) is 0 Å². The minimum atomic E-state index is -3.87. The minimum Gasteiger partial charge on any atom is -0.378 e. The Morgan fingerprint density at radius 3 is 2.31 bits per heavy atom. The van der Waals surface area contributed by atoms with E-state index in [0.717, 1.165) is 11.8 Å². The molecule has 154 valence electrons. The first kappa shape index (κ1) is 20.7. The minimum absolute atomic E-state index is 0.120. The molecule has 10 heteroatoms. The van der Waals surface area contributed by atoms with Gasteiger partial charge in [-0.1, -0.05) is 12.1 Å². The summed E-state index contributed by atoms with van der Waals surface area (Å²) in [5.74, 6) is -0.152. The zero-order chi connectivity index (χ0) is 21.2. The summed E-state index contributed by atoms with van der Waals surface area (Å²) in [6.07, 6.45) is 0. The molecule has 0 N–H and O–H groups in total. The highest BCUT2D eigenvalue weighted by Gasteiger charge is 2.31. The van der Waals surface area contributed by atoms with Crippen molar-refractivity contribution in [2.75, 3.05) is 45.2 Å². The fraction of sp³-hybridized carbons (Fsp3) is 0.316. The van der Waals surface area contributed by atoms with Crippen LogP contribution in [-0.2, 0) is 10.0 Å². The van der Waals surface area contributed by atoms with Crippen LogP contribution < -0.4 is 4.90 Å². The number of piperazine rings is 1. The van der Waals surface area contributed by atoms with Gasteiger partial charge in [-0.25, -0.2) is 8.42 Å². The number of nitrogens with zero attached hydrogens (tertiary/aromatic N) is 4. The van der Waals surface area contributed by atoms with Crippen LogP contribution in [0.15, 0.2) is 53.4 Å². The van der Waals surface area contributed by atoms with E-state index in [1.54, 1.807) is 17.0 Å². The van der Waals surface area contributed by atoms with Crippen molar-refractivity contribution in [2.24, 2.45) is 0 Å². The number of amides is 1. The molecule has 0 unspecified atom stereocenters. The lowest BCUT2D eigenvalue weighted by atomic mass is 10.1. The molecular weight excluding hydrogens is 396 g/mol. The summed E-state index contributed by atoms with van der Waals surface area (Å²) >= 11 is 0. The molecule has 3 rings (SSSR count). The Balaban J connectivity index is 1.71. The van der Waals surface area contributed by atoms with E-state index in [9.17, 15) is 23.3 Å². The van der Waals surface area contributed by atoms with Gasteiger partial charge in [0.25, 0.3) is 11.6 Å². The smallest absolute Gasteiger partial charge is 0.270 e. The second-order valence-electron chi connectivity index (χ2n) is 6.90. The fourth-order valence-corrected chi connectivity index (χ4v) is 4.60. The normalized spacial score (nSPS) is 15.2. The Labute approximate surface area is 169 Å². The largest absolute Gasteiger partial charge is 0.378 e. The quantitative estimate of drug-likeness (QED) is 0.542. The predicted molar refractivity (Wildman–Crippen MR) is 109 cm³/mol. The summed E-state index contributed by atoms with van der Waals surface area (Å²) in [5.41, 5.74) is 1.18. The molecule has 0 aliphatic carbocycles. The van der Waals surface area contributed by atoms with E-state index in [4.69, 9.17) is 0 Å². The van der Waals surface area contributed by atoms with Crippen LogP contribution in [0.5, 0.6) is 0 Å². The average Bonchev–Trinajstić information content (AvgIpc) is 2.73. The first-order chi connectivity index (χ1) is 13.7. The third-order valence-electron chi connectivity index (χ3n) is 4.80. The Bertz CT molecular complexity index is 1030. The van der Waals surface area contributed by atoms with Crippen LogP contribution in [0.2, 0.25) is 0 Å². The van der Waals surface area contributed by atoms with Gasteiger partial charge in [-0.15, -0.1) is 0 Å². The summed E-state index contributed by atoms with van der Waals surface area (Å²) < 4.78 is 26.9. The number of benzene rings is 2. The van der Waals surface area contributed by atoms with Crippen molar-refractivity contribution >= 4 is 27.3 Å². The lowest BCUT2D eigenvalue weighted by molar-refractivity contribution is -0.385. The summed E-state index contributed by atoms with van der Waals surface area (Å²) in [4.78, 5) is 26.5. The van der Waals surface area contributed by atoms with Crippen LogP contribution in [0.1, 0.15) is 10.4 Å². The molecule has 1 saturated heterocycles. The maximum Gasteiger partial charge on any atom is 0.270 e. The molecule has 1 aliphatic rings. The van der Waals surface area contributed by atoms with Crippen molar-refractivity contribution in [3.63, 3.8) is 0 Å². The first-order valence-electron chi connectivity index (χ1n) is 9.01. The molecule has 9 nitrogen and oxygen atoms in total. The number of hydrogen-bond acceptors (Lipinski definition) is 6. The molecule has 2 aromatic carbocycles. The van der Waals surface area contributed by atoms with Crippen LogP contribution in [-0.4, -0.2) is 68.7 Å². The molecule has 1 fully saturated rings. The van der Waals surface area contributed by atoms with Crippen molar-refractivity contribution < 1.29 is 18.1 Å². The third kappa shape index (κ3) is 4.38. The Hall–Kier alpha value is -2.98. The summed E-state index contributed by atoms with van der Waals surface area (Å²) in [6, 6.07) is 12.2. The number of non-ortho nitro benzene ring substituents is 1. The lowest BCUT2D eigenvalue weighted by Gasteiger charge is -2.34. The second kappa shape index (κ2) is 8.18. The Morgan fingerprint density at radius 2 is 1.69 bits per heavy atom. The zero-order valence-electron chi connectivity index (χ0n) is 16.2. The lowest BCUT2D eigenvalue weighted by Crippen LogP contribution is -2.50. The third-order valence-corrected chi connectivity index (χ3v) is 6.70. The molecule has 29 heavy (non-hydrogen) atoms.